The van der Waals surface area contributed by atoms with Crippen LogP contribution in [0.5, 0.6) is 5.88 Å². The van der Waals surface area contributed by atoms with E-state index < -0.39 is 5.56 Å². The highest BCUT2D eigenvalue weighted by atomic mass is 16.5. The van der Waals surface area contributed by atoms with Gasteiger partial charge in [0, 0.05) is 33.4 Å². The topological polar surface area (TPSA) is 100 Å². The molecule has 0 spiro atoms. The number of aromatic amines is 1. The predicted molar refractivity (Wildman–Crippen MR) is 101 cm³/mol. The fourth-order valence-corrected chi connectivity index (χ4v) is 3.26. The minimum Gasteiger partial charge on any atom is -0.475 e. The van der Waals surface area contributed by atoms with Crippen molar-refractivity contribution in [1.82, 2.24) is 9.97 Å². The van der Waals surface area contributed by atoms with Crippen LogP contribution in [0.25, 0.3) is 11.0 Å². The first kappa shape index (κ1) is 19.1. The number of nitrogens with zero attached hydrogens (tertiary/aromatic N) is 3. The third-order valence-electron chi connectivity index (χ3n) is 5.09. The summed E-state index contributed by atoms with van der Waals surface area (Å²) in [7, 11) is 3.31. The van der Waals surface area contributed by atoms with Gasteiger partial charge in [-0.05, 0) is 25.8 Å². The number of pyridine rings is 2. The SMILES string of the molecule is COCCOc1ccc2[nH]c(=O)c(C#N)c(N3CCC(C)(OC)CC3)c2n1. The average molecular weight is 372 g/mol. The molecule has 0 atom stereocenters. The van der Waals surface area contributed by atoms with Gasteiger partial charge in [-0.3, -0.25) is 4.79 Å². The molecular weight excluding hydrogens is 348 g/mol. The van der Waals surface area contributed by atoms with E-state index in [1.165, 1.54) is 0 Å². The molecule has 1 saturated heterocycles. The second-order valence-electron chi connectivity index (χ2n) is 6.82. The van der Waals surface area contributed by atoms with Crippen LogP contribution in [0.1, 0.15) is 25.3 Å². The predicted octanol–water partition coefficient (Wildman–Crippen LogP) is 1.83. The minimum atomic E-state index is -0.407. The van der Waals surface area contributed by atoms with Crippen LogP contribution in [0, 0.1) is 11.3 Å². The Hall–Kier alpha value is -2.63. The molecule has 8 nitrogen and oxygen atoms in total. The van der Waals surface area contributed by atoms with Gasteiger partial charge in [-0.2, -0.15) is 5.26 Å². The summed E-state index contributed by atoms with van der Waals surface area (Å²) in [6, 6.07) is 5.49. The van der Waals surface area contributed by atoms with Crippen molar-refractivity contribution in [2.45, 2.75) is 25.4 Å². The van der Waals surface area contributed by atoms with Crippen molar-refractivity contribution in [3.05, 3.63) is 28.0 Å². The van der Waals surface area contributed by atoms with E-state index in [2.05, 4.69) is 16.9 Å². The molecule has 1 aliphatic rings. The first-order valence-corrected chi connectivity index (χ1v) is 8.90. The summed E-state index contributed by atoms with van der Waals surface area (Å²) in [6.45, 7) is 4.24. The number of ether oxygens (including phenoxy) is 3. The second kappa shape index (κ2) is 7.94. The lowest BCUT2D eigenvalue weighted by molar-refractivity contribution is -0.0132. The molecule has 2 aromatic heterocycles. The third kappa shape index (κ3) is 3.89. The van der Waals surface area contributed by atoms with Crippen molar-refractivity contribution in [3.63, 3.8) is 0 Å². The van der Waals surface area contributed by atoms with Crippen LogP contribution in [0.15, 0.2) is 16.9 Å². The molecular formula is C19H24N4O4. The number of rotatable bonds is 6. The number of piperidine rings is 1. The molecule has 144 valence electrons. The van der Waals surface area contributed by atoms with E-state index in [0.29, 0.717) is 48.9 Å². The summed E-state index contributed by atoms with van der Waals surface area (Å²) >= 11 is 0. The zero-order valence-electron chi connectivity index (χ0n) is 15.9. The van der Waals surface area contributed by atoms with Crippen molar-refractivity contribution >= 4 is 16.7 Å². The quantitative estimate of drug-likeness (QED) is 0.772. The maximum Gasteiger partial charge on any atom is 0.268 e. The van der Waals surface area contributed by atoms with Crippen LogP contribution in [0.2, 0.25) is 0 Å². The van der Waals surface area contributed by atoms with E-state index in [-0.39, 0.29) is 11.2 Å². The van der Waals surface area contributed by atoms with Gasteiger partial charge in [0.1, 0.15) is 23.8 Å². The molecule has 0 saturated carbocycles. The van der Waals surface area contributed by atoms with Gasteiger partial charge in [-0.25, -0.2) is 4.98 Å². The molecule has 0 aromatic carbocycles. The highest BCUT2D eigenvalue weighted by molar-refractivity contribution is 5.91. The van der Waals surface area contributed by atoms with Gasteiger partial charge < -0.3 is 24.1 Å². The van der Waals surface area contributed by atoms with Gasteiger partial charge in [0.25, 0.3) is 5.56 Å². The Morgan fingerprint density at radius 2 is 2.04 bits per heavy atom. The molecule has 3 heterocycles. The zero-order chi connectivity index (χ0) is 19.4. The molecule has 8 heteroatoms. The van der Waals surface area contributed by atoms with Crippen molar-refractivity contribution in [1.29, 1.82) is 5.26 Å². The summed E-state index contributed by atoms with van der Waals surface area (Å²) in [5.41, 5.74) is 1.17. The number of hydrogen-bond donors (Lipinski definition) is 1. The molecule has 27 heavy (non-hydrogen) atoms. The van der Waals surface area contributed by atoms with Gasteiger partial charge in [0.2, 0.25) is 5.88 Å². The number of nitriles is 1. The fraction of sp³-hybridized carbons (Fsp3) is 0.526. The van der Waals surface area contributed by atoms with Crippen molar-refractivity contribution < 1.29 is 14.2 Å². The summed E-state index contributed by atoms with van der Waals surface area (Å²) in [4.78, 5) is 21.7. The first-order valence-electron chi connectivity index (χ1n) is 8.90. The molecule has 0 aliphatic carbocycles. The number of H-pyrrole nitrogens is 1. The molecule has 0 amide bonds. The number of methoxy groups -OCH3 is 2. The highest BCUT2D eigenvalue weighted by Gasteiger charge is 2.32. The standard InChI is InChI=1S/C19H24N4O4/c1-19(26-3)6-8-23(9-7-19)17-13(12-20)18(24)21-14-4-5-15(22-16(14)17)27-11-10-25-2/h4-5H,6-11H2,1-3H3,(H,21,24). The maximum absolute atomic E-state index is 12.4. The Balaban J connectivity index is 2.04. The number of aromatic nitrogens is 2. The molecule has 1 aliphatic heterocycles. The second-order valence-corrected chi connectivity index (χ2v) is 6.82. The molecule has 1 fully saturated rings. The Bertz CT molecular complexity index is 910. The van der Waals surface area contributed by atoms with E-state index >= 15 is 0 Å². The Morgan fingerprint density at radius 3 is 2.67 bits per heavy atom. The van der Waals surface area contributed by atoms with Crippen molar-refractivity contribution in [3.8, 4) is 11.9 Å². The monoisotopic (exact) mass is 372 g/mol. The van der Waals surface area contributed by atoms with Crippen LogP contribution in [0.4, 0.5) is 5.69 Å². The Labute approximate surface area is 157 Å². The highest BCUT2D eigenvalue weighted by Crippen LogP contribution is 2.33. The summed E-state index contributed by atoms with van der Waals surface area (Å²) in [6.07, 6.45) is 1.60. The number of fused-ring (bicyclic) bond motifs is 1. The third-order valence-corrected chi connectivity index (χ3v) is 5.09. The van der Waals surface area contributed by atoms with Crippen LogP contribution < -0.4 is 15.2 Å². The van der Waals surface area contributed by atoms with Gasteiger partial charge >= 0.3 is 0 Å². The van der Waals surface area contributed by atoms with Crippen LogP contribution in [0.3, 0.4) is 0 Å². The number of anilines is 1. The zero-order valence-corrected chi connectivity index (χ0v) is 15.9. The largest absolute Gasteiger partial charge is 0.475 e. The minimum absolute atomic E-state index is 0.0741. The number of hydrogen-bond acceptors (Lipinski definition) is 7. The molecule has 0 unspecified atom stereocenters. The first-order chi connectivity index (χ1) is 13.0. The van der Waals surface area contributed by atoms with Crippen LogP contribution in [-0.4, -0.2) is 56.1 Å². The normalized spacial score (nSPS) is 16.3. The lowest BCUT2D eigenvalue weighted by Gasteiger charge is -2.39. The molecule has 1 N–H and O–H groups in total. The maximum atomic E-state index is 12.4. The smallest absolute Gasteiger partial charge is 0.268 e. The molecule has 0 bridgehead atoms. The molecule has 3 rings (SSSR count). The van der Waals surface area contributed by atoms with Crippen LogP contribution >= 0.6 is 0 Å². The fourth-order valence-electron chi connectivity index (χ4n) is 3.26. The van der Waals surface area contributed by atoms with E-state index in [0.717, 1.165) is 12.8 Å². The lowest BCUT2D eigenvalue weighted by atomic mass is 9.92. The van der Waals surface area contributed by atoms with Gasteiger partial charge in [-0.1, -0.05) is 0 Å². The van der Waals surface area contributed by atoms with Crippen LogP contribution in [-0.2, 0) is 9.47 Å². The van der Waals surface area contributed by atoms with Gasteiger partial charge in [-0.15, -0.1) is 0 Å². The van der Waals surface area contributed by atoms with E-state index in [9.17, 15) is 10.1 Å². The van der Waals surface area contributed by atoms with E-state index in [1.807, 2.05) is 11.0 Å². The Kier molecular flexibility index (Phi) is 5.63. The lowest BCUT2D eigenvalue weighted by Crippen LogP contribution is -2.44. The molecule has 2 aromatic rings. The number of nitrogens with one attached hydrogen (secondary N) is 1. The Morgan fingerprint density at radius 1 is 1.30 bits per heavy atom. The summed E-state index contributed by atoms with van der Waals surface area (Å²) < 4.78 is 16.2. The average Bonchev–Trinajstić information content (AvgIpc) is 2.68. The van der Waals surface area contributed by atoms with Gasteiger partial charge in [0.15, 0.2) is 0 Å². The summed E-state index contributed by atoms with van der Waals surface area (Å²) in [5, 5.41) is 9.58. The summed E-state index contributed by atoms with van der Waals surface area (Å²) in [5.74, 6) is 0.426. The molecule has 0 radical (unpaired) electrons. The van der Waals surface area contributed by atoms with E-state index in [4.69, 9.17) is 14.2 Å². The van der Waals surface area contributed by atoms with E-state index in [1.54, 1.807) is 26.4 Å². The van der Waals surface area contributed by atoms with Gasteiger partial charge in [0.05, 0.1) is 23.4 Å². The van der Waals surface area contributed by atoms with Crippen molar-refractivity contribution in [2.24, 2.45) is 0 Å². The van der Waals surface area contributed by atoms with Crippen molar-refractivity contribution in [2.75, 3.05) is 45.4 Å².